The third kappa shape index (κ3) is 4.74. The van der Waals surface area contributed by atoms with E-state index in [1.807, 2.05) is 60.7 Å². The number of aromatic nitrogens is 1. The van der Waals surface area contributed by atoms with Gasteiger partial charge in [-0.15, -0.1) is 0 Å². The van der Waals surface area contributed by atoms with Crippen LogP contribution in [0.5, 0.6) is 11.5 Å². The molecule has 178 valence electrons. The molecule has 0 aliphatic carbocycles. The lowest BCUT2D eigenvalue weighted by molar-refractivity contribution is 0.102. The van der Waals surface area contributed by atoms with Gasteiger partial charge < -0.3 is 14.8 Å². The van der Waals surface area contributed by atoms with Crippen LogP contribution in [0.1, 0.15) is 16.1 Å². The van der Waals surface area contributed by atoms with Gasteiger partial charge in [-0.05, 0) is 40.8 Å². The number of methoxy groups -OCH3 is 1. The van der Waals surface area contributed by atoms with Gasteiger partial charge in [-0.1, -0.05) is 66.7 Å². The van der Waals surface area contributed by atoms with Crippen LogP contribution in [-0.4, -0.2) is 18.0 Å². The first-order valence-electron chi connectivity index (χ1n) is 11.4. The van der Waals surface area contributed by atoms with Gasteiger partial charge in [-0.2, -0.15) is 0 Å². The summed E-state index contributed by atoms with van der Waals surface area (Å²) in [6.07, 6.45) is 1.56. The number of nitrogens with one attached hydrogen (secondary N) is 1. The number of carbonyl (C=O) groups excluding carboxylic acids is 1. The molecule has 4 aromatic carbocycles. The second kappa shape index (κ2) is 10.3. The summed E-state index contributed by atoms with van der Waals surface area (Å²) in [7, 11) is 1.42. The summed E-state index contributed by atoms with van der Waals surface area (Å²) in [6, 6.07) is 29.2. The van der Waals surface area contributed by atoms with E-state index in [-0.39, 0.29) is 17.4 Å². The van der Waals surface area contributed by atoms with Gasteiger partial charge in [-0.3, -0.25) is 9.78 Å². The summed E-state index contributed by atoms with van der Waals surface area (Å²) in [5.41, 5.74) is 3.22. The number of benzene rings is 4. The molecule has 0 bridgehead atoms. The molecule has 1 N–H and O–H groups in total. The first kappa shape index (κ1) is 23.1. The normalized spacial score (nSPS) is 10.7. The quantitative estimate of drug-likeness (QED) is 0.277. The summed E-state index contributed by atoms with van der Waals surface area (Å²) in [5, 5.41) is 4.22. The topological polar surface area (TPSA) is 60.5 Å². The van der Waals surface area contributed by atoms with E-state index in [9.17, 15) is 9.18 Å². The Bertz CT molecular complexity index is 1510. The van der Waals surface area contributed by atoms with Crippen LogP contribution >= 0.6 is 0 Å². The van der Waals surface area contributed by atoms with E-state index in [4.69, 9.17) is 9.47 Å². The largest absolute Gasteiger partial charge is 0.494 e. The average Bonchev–Trinajstić information content (AvgIpc) is 2.93. The van der Waals surface area contributed by atoms with Gasteiger partial charge in [0.25, 0.3) is 5.91 Å². The fraction of sp³-hybridized carbons (Fsp3) is 0.0667. The molecule has 6 heteroatoms. The van der Waals surface area contributed by atoms with Crippen LogP contribution in [0, 0.1) is 5.82 Å². The highest BCUT2D eigenvalue weighted by atomic mass is 19.1. The molecule has 1 heterocycles. The minimum atomic E-state index is -0.510. The van der Waals surface area contributed by atoms with Crippen molar-refractivity contribution < 1.29 is 18.7 Å². The number of amides is 1. The SMILES string of the molecule is COc1cc2c(OCc3ccccc3)cc(NC(=O)c3ccccn3)c(-c3ccccc3)c2cc1F. The number of hydrogen-bond donors (Lipinski definition) is 1. The highest BCUT2D eigenvalue weighted by Crippen LogP contribution is 2.43. The molecule has 0 saturated heterocycles. The predicted octanol–water partition coefficient (Wildman–Crippen LogP) is 6.88. The van der Waals surface area contributed by atoms with Gasteiger partial charge in [-0.25, -0.2) is 4.39 Å². The maximum Gasteiger partial charge on any atom is 0.274 e. The van der Waals surface area contributed by atoms with Crippen molar-refractivity contribution in [3.63, 3.8) is 0 Å². The summed E-state index contributed by atoms with van der Waals surface area (Å²) in [4.78, 5) is 17.2. The Morgan fingerprint density at radius 1 is 0.861 bits per heavy atom. The molecular formula is C30H23FN2O3. The average molecular weight is 479 g/mol. The molecular weight excluding hydrogens is 455 g/mol. The second-order valence-electron chi connectivity index (χ2n) is 8.14. The Hall–Kier alpha value is -4.71. The Balaban J connectivity index is 1.70. The van der Waals surface area contributed by atoms with Crippen LogP contribution < -0.4 is 14.8 Å². The smallest absolute Gasteiger partial charge is 0.274 e. The number of fused-ring (bicyclic) bond motifs is 1. The second-order valence-corrected chi connectivity index (χ2v) is 8.14. The van der Waals surface area contributed by atoms with E-state index in [2.05, 4.69) is 10.3 Å². The summed E-state index contributed by atoms with van der Waals surface area (Å²) in [5.74, 6) is -0.293. The first-order chi connectivity index (χ1) is 17.6. The van der Waals surface area contributed by atoms with Gasteiger partial charge in [0.05, 0.1) is 12.8 Å². The number of halogens is 1. The molecule has 0 unspecified atom stereocenters. The zero-order chi connectivity index (χ0) is 24.9. The van der Waals surface area contributed by atoms with Crippen molar-refractivity contribution in [1.82, 2.24) is 4.98 Å². The number of carbonyl (C=O) groups is 1. The van der Waals surface area contributed by atoms with Crippen LogP contribution in [0.2, 0.25) is 0 Å². The van der Waals surface area contributed by atoms with Gasteiger partial charge in [0.2, 0.25) is 0 Å². The molecule has 5 nitrogen and oxygen atoms in total. The van der Waals surface area contributed by atoms with E-state index in [1.165, 1.54) is 13.2 Å². The monoisotopic (exact) mass is 478 g/mol. The fourth-order valence-electron chi connectivity index (χ4n) is 4.10. The molecule has 0 aliphatic rings. The lowest BCUT2D eigenvalue weighted by atomic mass is 9.95. The van der Waals surface area contributed by atoms with E-state index in [1.54, 1.807) is 36.5 Å². The van der Waals surface area contributed by atoms with Crippen LogP contribution in [0.25, 0.3) is 21.9 Å². The Morgan fingerprint density at radius 2 is 1.58 bits per heavy atom. The van der Waals surface area contributed by atoms with Crippen molar-refractivity contribution in [3.05, 3.63) is 120 Å². The maximum atomic E-state index is 15.0. The van der Waals surface area contributed by atoms with E-state index in [0.717, 1.165) is 11.1 Å². The van der Waals surface area contributed by atoms with Gasteiger partial charge in [0, 0.05) is 23.2 Å². The van der Waals surface area contributed by atoms with Crippen LogP contribution in [-0.2, 0) is 6.61 Å². The highest BCUT2D eigenvalue weighted by Gasteiger charge is 2.20. The molecule has 1 amide bonds. The molecule has 5 aromatic rings. The molecule has 0 saturated carbocycles. The standard InChI is InChI=1S/C30H23FN2O3/c1-35-28-17-22-23(16-24(28)31)29(21-12-6-3-7-13-21)26(33-30(34)25-14-8-9-15-32-25)18-27(22)36-19-20-10-4-2-5-11-20/h2-18H,19H2,1H3,(H,33,34). The van der Waals surface area contributed by atoms with Crippen molar-refractivity contribution in [1.29, 1.82) is 0 Å². The number of nitrogens with zero attached hydrogens (tertiary/aromatic N) is 1. The van der Waals surface area contributed by atoms with Gasteiger partial charge >= 0.3 is 0 Å². The molecule has 0 radical (unpaired) electrons. The summed E-state index contributed by atoms with van der Waals surface area (Å²) < 4.78 is 26.5. The minimum absolute atomic E-state index is 0.108. The van der Waals surface area contributed by atoms with Crippen LogP contribution in [0.4, 0.5) is 10.1 Å². The molecule has 0 atom stereocenters. The minimum Gasteiger partial charge on any atom is -0.494 e. The predicted molar refractivity (Wildman–Crippen MR) is 139 cm³/mol. The lowest BCUT2D eigenvalue weighted by Gasteiger charge is -2.19. The van der Waals surface area contributed by atoms with Crippen LogP contribution in [0.15, 0.2) is 103 Å². The number of hydrogen-bond acceptors (Lipinski definition) is 4. The van der Waals surface area contributed by atoms with Crippen molar-refractivity contribution >= 4 is 22.4 Å². The Labute approximate surface area is 208 Å². The van der Waals surface area contributed by atoms with E-state index in [0.29, 0.717) is 34.4 Å². The summed E-state index contributed by atoms with van der Waals surface area (Å²) in [6.45, 7) is 0.300. The van der Waals surface area contributed by atoms with Crippen molar-refractivity contribution in [3.8, 4) is 22.6 Å². The highest BCUT2D eigenvalue weighted by molar-refractivity contribution is 6.12. The molecule has 1 aromatic heterocycles. The number of rotatable bonds is 7. The van der Waals surface area contributed by atoms with E-state index < -0.39 is 5.82 Å². The molecule has 0 aliphatic heterocycles. The first-order valence-corrected chi connectivity index (χ1v) is 11.4. The maximum absolute atomic E-state index is 15.0. The van der Waals surface area contributed by atoms with Crippen molar-refractivity contribution in [2.24, 2.45) is 0 Å². The number of pyridine rings is 1. The molecule has 0 fully saturated rings. The third-order valence-electron chi connectivity index (χ3n) is 5.82. The fourth-order valence-corrected chi connectivity index (χ4v) is 4.10. The third-order valence-corrected chi connectivity index (χ3v) is 5.82. The van der Waals surface area contributed by atoms with Crippen LogP contribution in [0.3, 0.4) is 0 Å². The van der Waals surface area contributed by atoms with Crippen molar-refractivity contribution in [2.45, 2.75) is 6.61 Å². The molecule has 0 spiro atoms. The van der Waals surface area contributed by atoms with Crippen molar-refractivity contribution in [2.75, 3.05) is 12.4 Å². The molecule has 5 rings (SSSR count). The lowest BCUT2D eigenvalue weighted by Crippen LogP contribution is -2.14. The Morgan fingerprint density at radius 3 is 2.28 bits per heavy atom. The molecule has 36 heavy (non-hydrogen) atoms. The summed E-state index contributed by atoms with van der Waals surface area (Å²) >= 11 is 0. The number of ether oxygens (including phenoxy) is 2. The Kier molecular flexibility index (Phi) is 6.58. The number of anilines is 1. The van der Waals surface area contributed by atoms with Gasteiger partial charge in [0.1, 0.15) is 18.1 Å². The zero-order valence-electron chi connectivity index (χ0n) is 19.6. The van der Waals surface area contributed by atoms with Gasteiger partial charge in [0.15, 0.2) is 11.6 Å². The zero-order valence-corrected chi connectivity index (χ0v) is 19.6. The van der Waals surface area contributed by atoms with E-state index >= 15 is 0 Å².